The molecule has 0 aliphatic rings. The quantitative estimate of drug-likeness (QED) is 0.466. The van der Waals surface area contributed by atoms with E-state index in [1.807, 2.05) is 43.3 Å². The summed E-state index contributed by atoms with van der Waals surface area (Å²) in [5.74, 6) is -1.08. The van der Waals surface area contributed by atoms with E-state index in [4.69, 9.17) is 15.3 Å². The Balaban J connectivity index is 2.01. The molecule has 0 radical (unpaired) electrons. The van der Waals surface area contributed by atoms with Crippen LogP contribution in [0.2, 0.25) is 0 Å². The highest BCUT2D eigenvalue weighted by molar-refractivity contribution is 5.80. The fourth-order valence-corrected chi connectivity index (χ4v) is 3.20. The van der Waals surface area contributed by atoms with Crippen LogP contribution in [-0.4, -0.2) is 46.0 Å². The van der Waals surface area contributed by atoms with Gasteiger partial charge in [-0.15, -0.1) is 0 Å². The topological polar surface area (TPSA) is 129 Å². The molecule has 0 saturated carbocycles. The summed E-state index contributed by atoms with van der Waals surface area (Å²) in [7, 11) is 0. The van der Waals surface area contributed by atoms with E-state index in [0.29, 0.717) is 12.1 Å². The summed E-state index contributed by atoms with van der Waals surface area (Å²) in [4.78, 5) is 43.1. The molecule has 2 rings (SSSR count). The van der Waals surface area contributed by atoms with Gasteiger partial charge in [-0.3, -0.25) is 14.4 Å². The van der Waals surface area contributed by atoms with Crippen LogP contribution in [0.4, 0.5) is 0 Å². The molecule has 168 valence electrons. The Morgan fingerprint density at radius 3 is 2.50 bits per heavy atom. The predicted octanol–water partition coefficient (Wildman–Crippen LogP) is 2.33. The number of aryl methyl sites for hydroxylation is 2. The Kier molecular flexibility index (Phi) is 9.86. The van der Waals surface area contributed by atoms with Crippen molar-refractivity contribution in [3.8, 4) is 12.1 Å². The summed E-state index contributed by atoms with van der Waals surface area (Å²) in [5, 5.41) is 17.4. The molecule has 32 heavy (non-hydrogen) atoms. The number of carbonyl (C=O) groups excluding carboxylic acids is 2. The normalized spacial score (nSPS) is 10.3. The number of aromatic nitrogens is 2. The third kappa shape index (κ3) is 6.92. The minimum absolute atomic E-state index is 0.0853. The van der Waals surface area contributed by atoms with Gasteiger partial charge in [-0.1, -0.05) is 25.5 Å². The van der Waals surface area contributed by atoms with E-state index in [9.17, 15) is 14.4 Å². The number of nitriles is 2. The maximum absolute atomic E-state index is 12.9. The molecule has 1 heterocycles. The van der Waals surface area contributed by atoms with E-state index in [1.54, 1.807) is 4.57 Å². The average Bonchev–Trinajstić information content (AvgIpc) is 2.80. The Morgan fingerprint density at radius 2 is 1.84 bits per heavy atom. The van der Waals surface area contributed by atoms with Crippen molar-refractivity contribution >= 4 is 22.9 Å². The number of nitrogens with zero attached hydrogens (tertiary/aromatic N) is 5. The summed E-state index contributed by atoms with van der Waals surface area (Å²) >= 11 is 0. The molecule has 9 heteroatoms. The van der Waals surface area contributed by atoms with Gasteiger partial charge in [0.05, 0.1) is 42.4 Å². The second-order valence-corrected chi connectivity index (χ2v) is 7.22. The van der Waals surface area contributed by atoms with Crippen LogP contribution in [0, 0.1) is 22.7 Å². The zero-order chi connectivity index (χ0) is 23.3. The minimum atomic E-state index is -0.617. The molecule has 9 nitrogen and oxygen atoms in total. The Morgan fingerprint density at radius 1 is 1.16 bits per heavy atom. The van der Waals surface area contributed by atoms with Crippen LogP contribution >= 0.6 is 0 Å². The predicted molar refractivity (Wildman–Crippen MR) is 117 cm³/mol. The van der Waals surface area contributed by atoms with Gasteiger partial charge in [-0.05, 0) is 18.6 Å². The van der Waals surface area contributed by atoms with E-state index in [1.165, 1.54) is 4.90 Å². The molecule has 1 aromatic carbocycles. The number of fused-ring (bicyclic) bond motifs is 1. The lowest BCUT2D eigenvalue weighted by molar-refractivity contribution is -0.152. The van der Waals surface area contributed by atoms with Crippen LogP contribution in [0.25, 0.3) is 11.0 Å². The summed E-state index contributed by atoms with van der Waals surface area (Å²) in [6.45, 7) is 2.50. The lowest BCUT2D eigenvalue weighted by Gasteiger charge is -2.20. The zero-order valence-electron chi connectivity index (χ0n) is 18.2. The number of esters is 1. The first-order chi connectivity index (χ1) is 15.5. The van der Waals surface area contributed by atoms with E-state index >= 15 is 0 Å². The first-order valence-electron chi connectivity index (χ1n) is 10.7. The SMILES string of the molecule is CCCCn1c(=O)c(CCC(=O)OCC(=O)N(CCC#N)CCC#N)nc2ccccc21. The maximum Gasteiger partial charge on any atom is 0.306 e. The molecule has 0 N–H and O–H groups in total. The molecule has 1 aromatic heterocycles. The van der Waals surface area contributed by atoms with Gasteiger partial charge < -0.3 is 14.2 Å². The largest absolute Gasteiger partial charge is 0.456 e. The molecule has 0 saturated heterocycles. The summed E-state index contributed by atoms with van der Waals surface area (Å²) < 4.78 is 6.75. The monoisotopic (exact) mass is 437 g/mol. The second kappa shape index (κ2) is 12.9. The van der Waals surface area contributed by atoms with Crippen molar-refractivity contribution < 1.29 is 14.3 Å². The Bertz CT molecular complexity index is 1060. The molecule has 0 fully saturated rings. The van der Waals surface area contributed by atoms with E-state index in [0.717, 1.165) is 18.4 Å². The molecule has 0 atom stereocenters. The minimum Gasteiger partial charge on any atom is -0.456 e. The van der Waals surface area contributed by atoms with Crippen molar-refractivity contribution in [2.75, 3.05) is 19.7 Å². The van der Waals surface area contributed by atoms with Crippen LogP contribution in [0.5, 0.6) is 0 Å². The average molecular weight is 438 g/mol. The smallest absolute Gasteiger partial charge is 0.306 e. The van der Waals surface area contributed by atoms with Crippen LogP contribution in [0.15, 0.2) is 29.1 Å². The van der Waals surface area contributed by atoms with E-state index in [2.05, 4.69) is 4.98 Å². The number of para-hydroxylation sites is 2. The van der Waals surface area contributed by atoms with E-state index in [-0.39, 0.29) is 50.0 Å². The summed E-state index contributed by atoms with van der Waals surface area (Å²) in [6.07, 6.45) is 2.07. The van der Waals surface area contributed by atoms with Crippen molar-refractivity contribution in [2.24, 2.45) is 0 Å². The molecule has 0 aliphatic carbocycles. The number of hydrogen-bond donors (Lipinski definition) is 0. The maximum atomic E-state index is 12.9. The number of unbranched alkanes of at least 4 members (excludes halogenated alkanes) is 1. The van der Waals surface area contributed by atoms with Gasteiger partial charge in [0.1, 0.15) is 5.69 Å². The molecule has 0 unspecified atom stereocenters. The number of benzene rings is 1. The second-order valence-electron chi connectivity index (χ2n) is 7.22. The molecule has 1 amide bonds. The Labute approximate surface area is 186 Å². The number of hydrogen-bond acceptors (Lipinski definition) is 7. The standard InChI is InChI=1S/C23H27N5O4/c1-2-3-16-28-20-9-5-4-8-18(20)26-19(23(28)31)10-11-22(30)32-17-21(29)27(14-6-12-24)15-7-13-25/h4-5,8-9H,2-3,6-7,10-11,14-17H2,1H3. The number of ether oxygens (including phenoxy) is 1. The fraction of sp³-hybridized carbons (Fsp3) is 0.478. The highest BCUT2D eigenvalue weighted by Gasteiger charge is 2.17. The lowest BCUT2D eigenvalue weighted by Crippen LogP contribution is -2.36. The van der Waals surface area contributed by atoms with Crippen molar-refractivity contribution in [3.63, 3.8) is 0 Å². The van der Waals surface area contributed by atoms with Gasteiger partial charge >= 0.3 is 5.97 Å². The van der Waals surface area contributed by atoms with Crippen molar-refractivity contribution in [2.45, 2.75) is 52.0 Å². The molecular weight excluding hydrogens is 410 g/mol. The van der Waals surface area contributed by atoms with Gasteiger partial charge in [-0.2, -0.15) is 10.5 Å². The van der Waals surface area contributed by atoms with Gasteiger partial charge in [0, 0.05) is 26.1 Å². The molecule has 0 aliphatic heterocycles. The van der Waals surface area contributed by atoms with Crippen molar-refractivity contribution in [3.05, 3.63) is 40.3 Å². The van der Waals surface area contributed by atoms with Gasteiger partial charge in [0.2, 0.25) is 0 Å². The van der Waals surface area contributed by atoms with E-state index < -0.39 is 18.5 Å². The van der Waals surface area contributed by atoms with Gasteiger partial charge in [0.15, 0.2) is 6.61 Å². The van der Waals surface area contributed by atoms with Crippen molar-refractivity contribution in [1.29, 1.82) is 10.5 Å². The molecule has 2 aromatic rings. The van der Waals surface area contributed by atoms with Crippen LogP contribution in [0.3, 0.4) is 0 Å². The highest BCUT2D eigenvalue weighted by Crippen LogP contribution is 2.12. The Hall–Kier alpha value is -3.72. The van der Waals surface area contributed by atoms with Crippen LogP contribution < -0.4 is 5.56 Å². The molecule has 0 spiro atoms. The van der Waals surface area contributed by atoms with Crippen LogP contribution in [-0.2, 0) is 27.3 Å². The third-order valence-electron chi connectivity index (χ3n) is 4.92. The summed E-state index contributed by atoms with van der Waals surface area (Å²) in [6, 6.07) is 11.3. The zero-order valence-corrected chi connectivity index (χ0v) is 18.2. The third-order valence-corrected chi connectivity index (χ3v) is 4.92. The first-order valence-corrected chi connectivity index (χ1v) is 10.7. The highest BCUT2D eigenvalue weighted by atomic mass is 16.5. The number of amides is 1. The number of rotatable bonds is 12. The molecule has 0 bridgehead atoms. The van der Waals surface area contributed by atoms with Crippen molar-refractivity contribution in [1.82, 2.24) is 14.5 Å². The van der Waals surface area contributed by atoms with Gasteiger partial charge in [-0.25, -0.2) is 4.98 Å². The summed E-state index contributed by atoms with van der Waals surface area (Å²) in [5.41, 5.74) is 1.51. The van der Waals surface area contributed by atoms with Crippen LogP contribution in [0.1, 0.15) is 44.7 Å². The first kappa shape index (κ1) is 24.5. The fourth-order valence-electron chi connectivity index (χ4n) is 3.20. The van der Waals surface area contributed by atoms with Gasteiger partial charge in [0.25, 0.3) is 11.5 Å². The molecular formula is C23H27N5O4. The number of carbonyl (C=O) groups is 2. The lowest BCUT2D eigenvalue weighted by atomic mass is 10.2.